The minimum atomic E-state index is -0.533. The summed E-state index contributed by atoms with van der Waals surface area (Å²) < 4.78 is 42.5. The van der Waals surface area contributed by atoms with E-state index in [9.17, 15) is 9.18 Å². The second-order valence-electron chi connectivity index (χ2n) is 10.5. The fourth-order valence-corrected chi connectivity index (χ4v) is 5.01. The lowest BCUT2D eigenvalue weighted by Crippen LogP contribution is -2.45. The molecular weight excluding hydrogens is 540 g/mol. The van der Waals surface area contributed by atoms with Gasteiger partial charge in [0.1, 0.15) is 24.5 Å². The molecule has 1 saturated heterocycles. The lowest BCUT2D eigenvalue weighted by atomic mass is 10.00. The standard InChI is InChI=1S/C32H31F2N5O3/c1-20-11-25(12-21(2)38(17-26-8-10-41-26)31-14-23(18-40)4-6-29(31)36)28(34)15-30(20)39-9-7-32(37-39)42-19-24-5-3-22(16-35)13-27(24)33/h3-7,9,11,13-15,18,21,26H,8,10,12,17,19,36H2,1-2H3/t21?,26-/m0/s1. The van der Waals surface area contributed by atoms with Crippen molar-refractivity contribution in [2.75, 3.05) is 23.8 Å². The molecule has 0 spiro atoms. The fourth-order valence-electron chi connectivity index (χ4n) is 5.01. The van der Waals surface area contributed by atoms with E-state index in [2.05, 4.69) is 10.00 Å². The summed E-state index contributed by atoms with van der Waals surface area (Å²) in [6.45, 7) is 5.10. The van der Waals surface area contributed by atoms with Gasteiger partial charge < -0.3 is 20.1 Å². The lowest BCUT2D eigenvalue weighted by Gasteiger charge is -2.38. The lowest BCUT2D eigenvalue weighted by molar-refractivity contribution is -0.0452. The molecule has 216 valence electrons. The van der Waals surface area contributed by atoms with Crippen LogP contribution in [0.15, 0.2) is 60.8 Å². The normalized spacial score (nSPS) is 15.0. The number of halogens is 2. The number of aromatic nitrogens is 2. The first kappa shape index (κ1) is 28.8. The molecular formula is C32H31F2N5O3. The largest absolute Gasteiger partial charge is 0.472 e. The molecule has 5 rings (SSSR count). The highest BCUT2D eigenvalue weighted by molar-refractivity contribution is 5.81. The van der Waals surface area contributed by atoms with Crippen LogP contribution in [0.25, 0.3) is 5.69 Å². The summed E-state index contributed by atoms with van der Waals surface area (Å²) in [7, 11) is 0. The number of aryl methyl sites for hydroxylation is 1. The minimum absolute atomic E-state index is 0.0466. The molecule has 1 aliphatic heterocycles. The molecule has 1 unspecified atom stereocenters. The van der Waals surface area contributed by atoms with E-state index in [1.807, 2.05) is 19.9 Å². The molecule has 2 atom stereocenters. The van der Waals surface area contributed by atoms with Crippen LogP contribution in [0.4, 0.5) is 20.2 Å². The Kier molecular flexibility index (Phi) is 8.50. The van der Waals surface area contributed by atoms with E-state index >= 15 is 4.39 Å². The topological polar surface area (TPSA) is 106 Å². The Morgan fingerprint density at radius 1 is 1.19 bits per heavy atom. The number of nitriles is 1. The van der Waals surface area contributed by atoms with Crippen molar-refractivity contribution in [3.05, 3.63) is 100 Å². The molecule has 10 heteroatoms. The summed E-state index contributed by atoms with van der Waals surface area (Å²) in [6.07, 6.45) is 3.80. The van der Waals surface area contributed by atoms with Gasteiger partial charge >= 0.3 is 0 Å². The molecule has 42 heavy (non-hydrogen) atoms. The molecule has 2 N–H and O–H groups in total. The van der Waals surface area contributed by atoms with Crippen LogP contribution in [0.3, 0.4) is 0 Å². The van der Waals surface area contributed by atoms with Gasteiger partial charge in [-0.05, 0) is 68.1 Å². The number of aldehydes is 1. The summed E-state index contributed by atoms with van der Waals surface area (Å²) >= 11 is 0. The zero-order chi connectivity index (χ0) is 29.8. The van der Waals surface area contributed by atoms with Gasteiger partial charge in [0.25, 0.3) is 0 Å². The van der Waals surface area contributed by atoms with Gasteiger partial charge in [0.05, 0.1) is 34.8 Å². The first-order chi connectivity index (χ1) is 20.2. The van der Waals surface area contributed by atoms with Gasteiger partial charge in [-0.2, -0.15) is 5.26 Å². The Hall–Kier alpha value is -4.75. The SMILES string of the molecule is Cc1cc(CC(C)N(C[C@@H]2CCO2)c2cc(C=O)ccc2N)c(F)cc1-n1ccc(OCc2ccc(C#N)cc2F)n1. The highest BCUT2D eigenvalue weighted by Crippen LogP contribution is 2.30. The second kappa shape index (κ2) is 12.4. The molecule has 0 bridgehead atoms. The number of benzene rings is 3. The van der Waals surface area contributed by atoms with Gasteiger partial charge in [-0.1, -0.05) is 12.1 Å². The third-order valence-electron chi connectivity index (χ3n) is 7.48. The van der Waals surface area contributed by atoms with Crippen LogP contribution in [-0.2, 0) is 17.8 Å². The van der Waals surface area contributed by atoms with E-state index in [0.29, 0.717) is 47.6 Å². The van der Waals surface area contributed by atoms with E-state index in [4.69, 9.17) is 20.5 Å². The van der Waals surface area contributed by atoms with Gasteiger partial charge in [0.15, 0.2) is 0 Å². The van der Waals surface area contributed by atoms with Gasteiger partial charge in [-0.25, -0.2) is 13.5 Å². The maximum atomic E-state index is 15.5. The summed E-state index contributed by atoms with van der Waals surface area (Å²) in [5.41, 5.74) is 10.5. The van der Waals surface area contributed by atoms with Crippen molar-refractivity contribution in [1.82, 2.24) is 9.78 Å². The van der Waals surface area contributed by atoms with Crippen molar-refractivity contribution in [3.63, 3.8) is 0 Å². The number of rotatable bonds is 11. The molecule has 0 radical (unpaired) electrons. The van der Waals surface area contributed by atoms with Gasteiger partial charge in [0.2, 0.25) is 5.88 Å². The summed E-state index contributed by atoms with van der Waals surface area (Å²) in [5, 5.41) is 13.3. The molecule has 2 heterocycles. The third kappa shape index (κ3) is 6.26. The number of hydrogen-bond acceptors (Lipinski definition) is 7. The maximum Gasteiger partial charge on any atom is 0.233 e. The predicted molar refractivity (Wildman–Crippen MR) is 155 cm³/mol. The number of anilines is 2. The first-order valence-electron chi connectivity index (χ1n) is 13.6. The zero-order valence-corrected chi connectivity index (χ0v) is 23.4. The number of nitrogen functional groups attached to an aromatic ring is 1. The molecule has 0 amide bonds. The highest BCUT2D eigenvalue weighted by atomic mass is 19.1. The molecule has 0 aliphatic carbocycles. The monoisotopic (exact) mass is 571 g/mol. The van der Waals surface area contributed by atoms with Crippen molar-refractivity contribution in [3.8, 4) is 17.6 Å². The average molecular weight is 572 g/mol. The summed E-state index contributed by atoms with van der Waals surface area (Å²) in [6, 6.07) is 15.9. The van der Waals surface area contributed by atoms with Crippen LogP contribution < -0.4 is 15.4 Å². The molecule has 8 nitrogen and oxygen atoms in total. The number of carbonyl (C=O) groups excluding carboxylic acids is 1. The Bertz CT molecular complexity index is 1640. The molecule has 1 aromatic heterocycles. The van der Waals surface area contributed by atoms with Gasteiger partial charge in [-0.3, -0.25) is 4.79 Å². The third-order valence-corrected chi connectivity index (χ3v) is 7.48. The summed E-state index contributed by atoms with van der Waals surface area (Å²) in [5.74, 6) is -0.663. The number of nitrogens with two attached hydrogens (primary N) is 1. The quantitative estimate of drug-likeness (QED) is 0.186. The van der Waals surface area contributed by atoms with E-state index in [1.165, 1.54) is 22.9 Å². The first-order valence-corrected chi connectivity index (χ1v) is 13.6. The van der Waals surface area contributed by atoms with Crippen molar-refractivity contribution >= 4 is 17.7 Å². The van der Waals surface area contributed by atoms with Crippen LogP contribution in [0.5, 0.6) is 5.88 Å². The number of carbonyl (C=O) groups is 1. The van der Waals surface area contributed by atoms with Crippen molar-refractivity contribution in [2.45, 2.75) is 45.4 Å². The van der Waals surface area contributed by atoms with Crippen molar-refractivity contribution in [2.24, 2.45) is 0 Å². The van der Waals surface area contributed by atoms with E-state index in [0.717, 1.165) is 30.0 Å². The Morgan fingerprint density at radius 2 is 1.98 bits per heavy atom. The van der Waals surface area contributed by atoms with Crippen LogP contribution in [-0.4, -0.2) is 41.4 Å². The highest BCUT2D eigenvalue weighted by Gasteiger charge is 2.27. The minimum Gasteiger partial charge on any atom is -0.472 e. The molecule has 4 aromatic rings. The van der Waals surface area contributed by atoms with Crippen molar-refractivity contribution < 1.29 is 23.0 Å². The van der Waals surface area contributed by atoms with E-state index < -0.39 is 5.82 Å². The van der Waals surface area contributed by atoms with E-state index in [-0.39, 0.29) is 36.0 Å². The Labute approximate surface area is 242 Å². The van der Waals surface area contributed by atoms with Crippen LogP contribution >= 0.6 is 0 Å². The van der Waals surface area contributed by atoms with Gasteiger partial charge in [-0.15, -0.1) is 5.10 Å². The fraction of sp³-hybridized carbons (Fsp3) is 0.281. The van der Waals surface area contributed by atoms with Crippen LogP contribution in [0.2, 0.25) is 0 Å². The number of hydrogen-bond donors (Lipinski definition) is 1. The van der Waals surface area contributed by atoms with E-state index in [1.54, 1.807) is 36.5 Å². The molecule has 1 aliphatic rings. The van der Waals surface area contributed by atoms with Crippen LogP contribution in [0.1, 0.15) is 46.0 Å². The Balaban J connectivity index is 1.32. The molecule has 0 saturated carbocycles. The smallest absolute Gasteiger partial charge is 0.233 e. The predicted octanol–water partition coefficient (Wildman–Crippen LogP) is 5.53. The second-order valence-corrected chi connectivity index (χ2v) is 10.5. The average Bonchev–Trinajstić information content (AvgIpc) is 3.43. The maximum absolute atomic E-state index is 15.5. The molecule has 3 aromatic carbocycles. The Morgan fingerprint density at radius 3 is 2.67 bits per heavy atom. The van der Waals surface area contributed by atoms with Crippen LogP contribution in [0, 0.1) is 29.9 Å². The zero-order valence-electron chi connectivity index (χ0n) is 23.4. The number of ether oxygens (including phenoxy) is 2. The van der Waals surface area contributed by atoms with Gasteiger partial charge in [0, 0.05) is 48.6 Å². The number of nitrogens with zero attached hydrogens (tertiary/aromatic N) is 4. The summed E-state index contributed by atoms with van der Waals surface area (Å²) in [4.78, 5) is 13.5. The molecule has 1 fully saturated rings. The van der Waals surface area contributed by atoms with Crippen molar-refractivity contribution in [1.29, 1.82) is 5.26 Å².